The smallest absolute Gasteiger partial charge is 0.161 e. The molecular formula is C12H11FN2O. The van der Waals surface area contributed by atoms with Gasteiger partial charge in [0, 0.05) is 12.4 Å². The molecule has 0 saturated carbocycles. The predicted octanol–water partition coefficient (Wildman–Crippen LogP) is 2.01. The number of halogens is 1. The molecular weight excluding hydrogens is 207 g/mol. The summed E-state index contributed by atoms with van der Waals surface area (Å²) in [6, 6.07) is 5.91. The first-order chi connectivity index (χ1) is 7.68. The van der Waals surface area contributed by atoms with Crippen LogP contribution in [0.1, 0.15) is 23.1 Å². The Balaban J connectivity index is 2.38. The van der Waals surface area contributed by atoms with Gasteiger partial charge in [-0.25, -0.2) is 14.4 Å². The fraction of sp³-hybridized carbons (Fsp3) is 0.167. The van der Waals surface area contributed by atoms with Crippen molar-refractivity contribution in [1.29, 1.82) is 0 Å². The zero-order valence-corrected chi connectivity index (χ0v) is 8.76. The number of aryl methyl sites for hydroxylation is 1. The number of benzene rings is 1. The van der Waals surface area contributed by atoms with Gasteiger partial charge in [-0.2, -0.15) is 0 Å². The highest BCUT2D eigenvalue weighted by Gasteiger charge is 2.15. The quantitative estimate of drug-likeness (QED) is 0.838. The van der Waals surface area contributed by atoms with Crippen LogP contribution in [0, 0.1) is 12.7 Å². The van der Waals surface area contributed by atoms with E-state index in [9.17, 15) is 9.50 Å². The molecule has 1 aromatic heterocycles. The Labute approximate surface area is 92.6 Å². The van der Waals surface area contributed by atoms with Crippen molar-refractivity contribution in [2.24, 2.45) is 0 Å². The van der Waals surface area contributed by atoms with Crippen LogP contribution in [0.5, 0.6) is 0 Å². The summed E-state index contributed by atoms with van der Waals surface area (Å²) in [5.74, 6) is -0.000335. The monoisotopic (exact) mass is 218 g/mol. The average molecular weight is 218 g/mol. The second-order valence-electron chi connectivity index (χ2n) is 3.51. The van der Waals surface area contributed by atoms with E-state index in [2.05, 4.69) is 9.97 Å². The van der Waals surface area contributed by atoms with Crippen LogP contribution in [0.3, 0.4) is 0 Å². The molecule has 2 rings (SSSR count). The Hall–Kier alpha value is -1.81. The van der Waals surface area contributed by atoms with Crippen LogP contribution in [0.15, 0.2) is 36.7 Å². The predicted molar refractivity (Wildman–Crippen MR) is 57.2 cm³/mol. The van der Waals surface area contributed by atoms with Gasteiger partial charge in [0.1, 0.15) is 11.9 Å². The van der Waals surface area contributed by atoms with Crippen molar-refractivity contribution in [3.05, 3.63) is 59.4 Å². The summed E-state index contributed by atoms with van der Waals surface area (Å²) in [4.78, 5) is 7.93. The number of hydrogen-bond acceptors (Lipinski definition) is 3. The Kier molecular flexibility index (Phi) is 2.92. The van der Waals surface area contributed by atoms with Crippen LogP contribution < -0.4 is 0 Å². The van der Waals surface area contributed by atoms with Crippen LogP contribution in [-0.2, 0) is 0 Å². The van der Waals surface area contributed by atoms with Crippen molar-refractivity contribution in [3.8, 4) is 0 Å². The Morgan fingerprint density at radius 2 is 1.94 bits per heavy atom. The summed E-state index contributed by atoms with van der Waals surface area (Å²) in [7, 11) is 0. The lowest BCUT2D eigenvalue weighted by atomic mass is 10.0. The topological polar surface area (TPSA) is 46.0 Å². The van der Waals surface area contributed by atoms with E-state index in [0.29, 0.717) is 17.0 Å². The first kappa shape index (κ1) is 10.7. The van der Waals surface area contributed by atoms with Gasteiger partial charge in [0.2, 0.25) is 0 Å². The number of nitrogens with zero attached hydrogens (tertiary/aromatic N) is 2. The fourth-order valence-electron chi connectivity index (χ4n) is 1.54. The molecule has 0 aliphatic carbocycles. The van der Waals surface area contributed by atoms with Crippen molar-refractivity contribution in [2.75, 3.05) is 0 Å². The van der Waals surface area contributed by atoms with E-state index in [-0.39, 0.29) is 5.82 Å². The maximum Gasteiger partial charge on any atom is 0.161 e. The van der Waals surface area contributed by atoms with Crippen molar-refractivity contribution >= 4 is 0 Å². The molecule has 3 nitrogen and oxygen atoms in total. The summed E-state index contributed by atoms with van der Waals surface area (Å²) in [6.07, 6.45) is 2.20. The largest absolute Gasteiger partial charge is 0.380 e. The number of hydrogen-bond donors (Lipinski definition) is 1. The van der Waals surface area contributed by atoms with Crippen LogP contribution in [0.4, 0.5) is 4.39 Å². The average Bonchev–Trinajstić information content (AvgIpc) is 2.29. The van der Waals surface area contributed by atoms with Gasteiger partial charge in [0.05, 0.1) is 0 Å². The molecule has 0 saturated heterocycles. The maximum atomic E-state index is 12.9. The van der Waals surface area contributed by atoms with Crippen LogP contribution in [0.25, 0.3) is 0 Å². The summed E-state index contributed by atoms with van der Waals surface area (Å²) in [6.45, 7) is 1.74. The van der Waals surface area contributed by atoms with Gasteiger partial charge in [-0.05, 0) is 36.2 Å². The van der Waals surface area contributed by atoms with Crippen molar-refractivity contribution in [2.45, 2.75) is 13.0 Å². The molecule has 0 fully saturated rings. The SMILES string of the molecule is Cc1cc(F)ccc1C(O)c1ncccn1. The van der Waals surface area contributed by atoms with Crippen molar-refractivity contribution < 1.29 is 9.50 Å². The summed E-state index contributed by atoms with van der Waals surface area (Å²) >= 11 is 0. The number of rotatable bonds is 2. The summed E-state index contributed by atoms with van der Waals surface area (Å²) in [5, 5.41) is 10.0. The number of aliphatic hydroxyl groups is 1. The summed E-state index contributed by atoms with van der Waals surface area (Å²) in [5.41, 5.74) is 1.30. The molecule has 0 bridgehead atoms. The molecule has 0 radical (unpaired) electrons. The van der Waals surface area contributed by atoms with Gasteiger partial charge >= 0.3 is 0 Å². The van der Waals surface area contributed by atoms with Gasteiger partial charge in [0.15, 0.2) is 5.82 Å². The van der Waals surface area contributed by atoms with E-state index in [1.807, 2.05) is 0 Å². The minimum Gasteiger partial charge on any atom is -0.380 e. The molecule has 2 aromatic rings. The third kappa shape index (κ3) is 2.06. The van der Waals surface area contributed by atoms with Crippen molar-refractivity contribution in [3.63, 3.8) is 0 Å². The molecule has 16 heavy (non-hydrogen) atoms. The molecule has 82 valence electrons. The first-order valence-corrected chi connectivity index (χ1v) is 4.89. The molecule has 1 unspecified atom stereocenters. The molecule has 0 amide bonds. The van der Waals surface area contributed by atoms with Gasteiger partial charge in [0.25, 0.3) is 0 Å². The van der Waals surface area contributed by atoms with E-state index in [4.69, 9.17) is 0 Å². The van der Waals surface area contributed by atoms with Gasteiger partial charge in [-0.3, -0.25) is 0 Å². The van der Waals surface area contributed by atoms with Gasteiger partial charge < -0.3 is 5.11 Å². The van der Waals surface area contributed by atoms with Crippen LogP contribution in [0.2, 0.25) is 0 Å². The lowest BCUT2D eigenvalue weighted by molar-refractivity contribution is 0.209. The molecule has 1 N–H and O–H groups in total. The highest BCUT2D eigenvalue weighted by atomic mass is 19.1. The van der Waals surface area contributed by atoms with Crippen molar-refractivity contribution in [1.82, 2.24) is 9.97 Å². The molecule has 1 heterocycles. The van der Waals surface area contributed by atoms with Gasteiger partial charge in [-0.15, -0.1) is 0 Å². The van der Waals surface area contributed by atoms with Crippen LogP contribution >= 0.6 is 0 Å². The Morgan fingerprint density at radius 3 is 2.56 bits per heavy atom. The van der Waals surface area contributed by atoms with E-state index < -0.39 is 6.10 Å². The third-order valence-electron chi connectivity index (χ3n) is 2.36. The van der Waals surface area contributed by atoms with E-state index in [0.717, 1.165) is 0 Å². The lowest BCUT2D eigenvalue weighted by Crippen LogP contribution is -2.06. The zero-order chi connectivity index (χ0) is 11.5. The maximum absolute atomic E-state index is 12.9. The molecule has 0 spiro atoms. The second-order valence-corrected chi connectivity index (χ2v) is 3.51. The normalized spacial score (nSPS) is 12.4. The molecule has 1 aromatic carbocycles. The van der Waals surface area contributed by atoms with Crippen LogP contribution in [-0.4, -0.2) is 15.1 Å². The minimum atomic E-state index is -0.915. The number of aromatic nitrogens is 2. The zero-order valence-electron chi connectivity index (χ0n) is 8.76. The Bertz CT molecular complexity index is 488. The highest BCUT2D eigenvalue weighted by molar-refractivity contribution is 5.31. The lowest BCUT2D eigenvalue weighted by Gasteiger charge is -2.11. The number of aliphatic hydroxyl groups excluding tert-OH is 1. The van der Waals surface area contributed by atoms with E-state index in [1.165, 1.54) is 12.1 Å². The molecule has 4 heteroatoms. The van der Waals surface area contributed by atoms with E-state index in [1.54, 1.807) is 31.5 Å². The Morgan fingerprint density at radius 1 is 1.25 bits per heavy atom. The minimum absolute atomic E-state index is 0.317. The third-order valence-corrected chi connectivity index (χ3v) is 2.36. The fourth-order valence-corrected chi connectivity index (χ4v) is 1.54. The standard InChI is InChI=1S/C12H11FN2O/c1-8-7-9(13)3-4-10(8)11(16)12-14-5-2-6-15-12/h2-7,11,16H,1H3. The second kappa shape index (κ2) is 4.37. The molecule has 0 aliphatic heterocycles. The van der Waals surface area contributed by atoms with E-state index >= 15 is 0 Å². The molecule has 0 aliphatic rings. The molecule has 1 atom stereocenters. The highest BCUT2D eigenvalue weighted by Crippen LogP contribution is 2.22. The summed E-state index contributed by atoms with van der Waals surface area (Å²) < 4.78 is 12.9. The first-order valence-electron chi connectivity index (χ1n) is 4.89. The van der Waals surface area contributed by atoms with Gasteiger partial charge in [-0.1, -0.05) is 6.07 Å².